The summed E-state index contributed by atoms with van der Waals surface area (Å²) in [6.45, 7) is 1.68. The fourth-order valence-corrected chi connectivity index (χ4v) is 2.51. The molecule has 3 rings (SSSR count). The van der Waals surface area contributed by atoms with Crippen molar-refractivity contribution >= 4 is 21.7 Å². The Kier molecular flexibility index (Phi) is 3.04. The van der Waals surface area contributed by atoms with E-state index in [4.69, 9.17) is 0 Å². The van der Waals surface area contributed by atoms with Gasteiger partial charge in [0.2, 0.25) is 0 Å². The van der Waals surface area contributed by atoms with Gasteiger partial charge in [-0.25, -0.2) is 9.37 Å². The Morgan fingerprint density at radius 3 is 2.83 bits per heavy atom. The van der Waals surface area contributed by atoms with E-state index in [9.17, 15) is 4.39 Å². The van der Waals surface area contributed by atoms with E-state index in [1.165, 1.54) is 11.6 Å². The van der Waals surface area contributed by atoms with Crippen molar-refractivity contribution in [3.8, 4) is 0 Å². The molecule has 0 aliphatic carbocycles. The fraction of sp³-hybridized carbons (Fsp3) is 0.214. The smallest absolute Gasteiger partial charge is 0.128 e. The monoisotopic (exact) mass is 306 g/mol. The van der Waals surface area contributed by atoms with Crippen molar-refractivity contribution in [3.63, 3.8) is 0 Å². The largest absolute Gasteiger partial charge is 0.352 e. The summed E-state index contributed by atoms with van der Waals surface area (Å²) in [6.07, 6.45) is 2.67. The van der Waals surface area contributed by atoms with Crippen LogP contribution in [-0.2, 0) is 13.0 Å². The van der Waals surface area contributed by atoms with Crippen LogP contribution in [0.25, 0.3) is 0 Å². The van der Waals surface area contributed by atoms with Crippen LogP contribution in [0.3, 0.4) is 0 Å². The standard InChI is InChI=1S/C14H12BrFN2/c15-12-2-4-14(17-8-12)18-6-5-10-7-13(16)3-1-11(10)9-18/h1-4,7-8H,5-6,9H2. The van der Waals surface area contributed by atoms with Crippen LogP contribution in [0.1, 0.15) is 11.1 Å². The van der Waals surface area contributed by atoms with Crippen LogP contribution >= 0.6 is 15.9 Å². The van der Waals surface area contributed by atoms with Crippen LogP contribution in [-0.4, -0.2) is 11.5 Å². The van der Waals surface area contributed by atoms with Crippen molar-refractivity contribution in [1.82, 2.24) is 4.98 Å². The van der Waals surface area contributed by atoms with Crippen molar-refractivity contribution in [3.05, 3.63) is 57.9 Å². The normalized spacial score (nSPS) is 14.4. The van der Waals surface area contributed by atoms with Gasteiger partial charge in [0.15, 0.2) is 0 Å². The molecule has 1 aliphatic heterocycles. The van der Waals surface area contributed by atoms with Crippen LogP contribution < -0.4 is 4.90 Å². The van der Waals surface area contributed by atoms with Crippen LogP contribution in [0.2, 0.25) is 0 Å². The molecule has 0 saturated heterocycles. The van der Waals surface area contributed by atoms with Gasteiger partial charge >= 0.3 is 0 Å². The van der Waals surface area contributed by atoms with Gasteiger partial charge in [0, 0.05) is 23.8 Å². The third-order valence-electron chi connectivity index (χ3n) is 3.22. The number of rotatable bonds is 1. The molecule has 1 aromatic heterocycles. The number of hydrogen-bond acceptors (Lipinski definition) is 2. The highest BCUT2D eigenvalue weighted by atomic mass is 79.9. The number of benzene rings is 1. The molecule has 2 nitrogen and oxygen atoms in total. The Balaban J connectivity index is 1.86. The summed E-state index contributed by atoms with van der Waals surface area (Å²) < 4.78 is 14.1. The Morgan fingerprint density at radius 1 is 1.17 bits per heavy atom. The molecule has 0 N–H and O–H groups in total. The van der Waals surface area contributed by atoms with Crippen LogP contribution in [0.15, 0.2) is 41.0 Å². The third kappa shape index (κ3) is 2.25. The number of nitrogens with zero attached hydrogens (tertiary/aromatic N) is 2. The summed E-state index contributed by atoms with van der Waals surface area (Å²) in [5.41, 5.74) is 2.30. The average molecular weight is 307 g/mol. The molecule has 0 bridgehead atoms. The van der Waals surface area contributed by atoms with Crippen molar-refractivity contribution < 1.29 is 4.39 Å². The highest BCUT2D eigenvalue weighted by molar-refractivity contribution is 9.10. The molecule has 4 heteroatoms. The molecule has 0 amide bonds. The first-order chi connectivity index (χ1) is 8.72. The van der Waals surface area contributed by atoms with Gasteiger partial charge in [-0.15, -0.1) is 0 Å². The summed E-state index contributed by atoms with van der Waals surface area (Å²) in [4.78, 5) is 6.61. The third-order valence-corrected chi connectivity index (χ3v) is 3.69. The predicted octanol–water partition coefficient (Wildman–Crippen LogP) is 3.55. The van der Waals surface area contributed by atoms with E-state index >= 15 is 0 Å². The number of aromatic nitrogens is 1. The lowest BCUT2D eigenvalue weighted by Gasteiger charge is -2.29. The van der Waals surface area contributed by atoms with Gasteiger partial charge in [0.1, 0.15) is 11.6 Å². The van der Waals surface area contributed by atoms with E-state index in [1.54, 1.807) is 12.3 Å². The van der Waals surface area contributed by atoms with Gasteiger partial charge in [-0.1, -0.05) is 6.07 Å². The minimum absolute atomic E-state index is 0.149. The van der Waals surface area contributed by atoms with Crippen LogP contribution in [0.4, 0.5) is 10.2 Å². The molecule has 2 aromatic rings. The summed E-state index contributed by atoms with van der Waals surface area (Å²) in [7, 11) is 0. The van der Waals surface area contributed by atoms with Crippen molar-refractivity contribution in [2.75, 3.05) is 11.4 Å². The van der Waals surface area contributed by atoms with E-state index in [1.807, 2.05) is 18.2 Å². The van der Waals surface area contributed by atoms with E-state index in [2.05, 4.69) is 25.8 Å². The van der Waals surface area contributed by atoms with Crippen molar-refractivity contribution in [2.45, 2.75) is 13.0 Å². The van der Waals surface area contributed by atoms with Gasteiger partial charge < -0.3 is 4.90 Å². The highest BCUT2D eigenvalue weighted by Gasteiger charge is 2.17. The van der Waals surface area contributed by atoms with Crippen molar-refractivity contribution in [2.24, 2.45) is 0 Å². The molecule has 1 aromatic carbocycles. The first-order valence-electron chi connectivity index (χ1n) is 5.86. The Morgan fingerprint density at radius 2 is 2.06 bits per heavy atom. The summed E-state index contributed by atoms with van der Waals surface area (Å²) in [5, 5.41) is 0. The topological polar surface area (TPSA) is 16.1 Å². The second-order valence-electron chi connectivity index (χ2n) is 4.42. The maximum absolute atomic E-state index is 13.1. The predicted molar refractivity (Wildman–Crippen MR) is 73.1 cm³/mol. The van der Waals surface area contributed by atoms with E-state index in [0.717, 1.165) is 35.4 Å². The summed E-state index contributed by atoms with van der Waals surface area (Å²) in [5.74, 6) is 0.817. The SMILES string of the molecule is Fc1ccc2c(c1)CCN(c1ccc(Br)cn1)C2. The van der Waals surface area contributed by atoms with Gasteiger partial charge in [-0.05, 0) is 57.7 Å². The molecule has 0 unspecified atom stereocenters. The average Bonchev–Trinajstić information content (AvgIpc) is 2.39. The quantitative estimate of drug-likeness (QED) is 0.801. The zero-order chi connectivity index (χ0) is 12.5. The van der Waals surface area contributed by atoms with Crippen molar-refractivity contribution in [1.29, 1.82) is 0 Å². The van der Waals surface area contributed by atoms with Gasteiger partial charge in [-0.2, -0.15) is 0 Å². The number of fused-ring (bicyclic) bond motifs is 1. The number of halogens is 2. The molecule has 1 aliphatic rings. The first-order valence-corrected chi connectivity index (χ1v) is 6.65. The van der Waals surface area contributed by atoms with E-state index in [0.29, 0.717) is 0 Å². The Labute approximate surface area is 114 Å². The lowest BCUT2D eigenvalue weighted by Crippen LogP contribution is -2.31. The zero-order valence-electron chi connectivity index (χ0n) is 9.74. The molecule has 0 radical (unpaired) electrons. The maximum Gasteiger partial charge on any atom is 0.128 e. The zero-order valence-corrected chi connectivity index (χ0v) is 11.3. The molecular formula is C14H12BrFN2. The summed E-state index contributed by atoms with van der Waals surface area (Å²) in [6, 6.07) is 9.02. The molecule has 92 valence electrons. The first kappa shape index (κ1) is 11.7. The fourth-order valence-electron chi connectivity index (χ4n) is 2.27. The second kappa shape index (κ2) is 4.69. The van der Waals surface area contributed by atoms with Gasteiger partial charge in [0.05, 0.1) is 0 Å². The lowest BCUT2D eigenvalue weighted by molar-refractivity contribution is 0.618. The van der Waals surface area contributed by atoms with E-state index < -0.39 is 0 Å². The van der Waals surface area contributed by atoms with Crippen LogP contribution in [0, 0.1) is 5.82 Å². The minimum Gasteiger partial charge on any atom is -0.352 e. The Bertz CT molecular complexity index is 569. The molecule has 0 fully saturated rings. The minimum atomic E-state index is -0.149. The molecule has 18 heavy (non-hydrogen) atoms. The highest BCUT2D eigenvalue weighted by Crippen LogP contribution is 2.24. The summed E-state index contributed by atoms with van der Waals surface area (Å²) >= 11 is 3.38. The lowest BCUT2D eigenvalue weighted by atomic mass is 10.00. The van der Waals surface area contributed by atoms with E-state index in [-0.39, 0.29) is 5.82 Å². The van der Waals surface area contributed by atoms with Gasteiger partial charge in [0.25, 0.3) is 0 Å². The molecule has 0 atom stereocenters. The molecule has 0 spiro atoms. The van der Waals surface area contributed by atoms with Crippen LogP contribution in [0.5, 0.6) is 0 Å². The Hall–Kier alpha value is -1.42. The number of pyridine rings is 1. The number of anilines is 1. The molecule has 2 heterocycles. The molecule has 0 saturated carbocycles. The van der Waals surface area contributed by atoms with Gasteiger partial charge in [-0.3, -0.25) is 0 Å². The second-order valence-corrected chi connectivity index (χ2v) is 5.33. The molecular weight excluding hydrogens is 295 g/mol. The number of hydrogen-bond donors (Lipinski definition) is 0. The maximum atomic E-state index is 13.1.